The van der Waals surface area contributed by atoms with Crippen molar-refractivity contribution in [2.24, 2.45) is 7.05 Å². The van der Waals surface area contributed by atoms with Gasteiger partial charge >= 0.3 is 0 Å². The first-order valence-electron chi connectivity index (χ1n) is 8.99. The zero-order valence-electron chi connectivity index (χ0n) is 15.3. The highest BCUT2D eigenvalue weighted by Crippen LogP contribution is 2.24. The number of anilines is 1. The number of likely N-dealkylation sites (N-methyl/N-ethyl adjacent to an activating group) is 1. The van der Waals surface area contributed by atoms with Crippen LogP contribution >= 0.6 is 0 Å². The van der Waals surface area contributed by atoms with Gasteiger partial charge in [0.2, 0.25) is 0 Å². The Morgan fingerprint density at radius 2 is 1.58 bits per heavy atom. The maximum Gasteiger partial charge on any atom is 0.0480 e. The van der Waals surface area contributed by atoms with Crippen LogP contribution in [0.4, 0.5) is 5.69 Å². The first-order chi connectivity index (χ1) is 11.6. The maximum atomic E-state index is 2.36. The van der Waals surface area contributed by atoms with E-state index in [4.69, 9.17) is 0 Å². The Kier molecular flexibility index (Phi) is 4.94. The fraction of sp³-hybridized carbons (Fsp3) is 0.364. The molecule has 0 saturated heterocycles. The molecule has 0 aliphatic rings. The van der Waals surface area contributed by atoms with Crippen LogP contribution in [0.3, 0.4) is 0 Å². The zero-order valence-corrected chi connectivity index (χ0v) is 15.3. The molecule has 3 rings (SSSR count). The van der Waals surface area contributed by atoms with Crippen LogP contribution in [0.15, 0.2) is 48.7 Å². The van der Waals surface area contributed by atoms with Gasteiger partial charge in [0.1, 0.15) is 0 Å². The van der Waals surface area contributed by atoms with Gasteiger partial charge in [-0.05, 0) is 60.2 Å². The van der Waals surface area contributed by atoms with Crippen LogP contribution in [0, 0.1) is 0 Å². The first-order valence-corrected chi connectivity index (χ1v) is 8.99. The molecule has 0 N–H and O–H groups in total. The predicted molar refractivity (Wildman–Crippen MR) is 105 cm³/mol. The monoisotopic (exact) mass is 320 g/mol. The van der Waals surface area contributed by atoms with Crippen molar-refractivity contribution in [3.8, 4) is 0 Å². The van der Waals surface area contributed by atoms with Gasteiger partial charge in [-0.2, -0.15) is 0 Å². The number of fused-ring (bicyclic) bond motifs is 1. The average molecular weight is 320 g/mol. The second-order valence-corrected chi connectivity index (χ2v) is 6.66. The number of rotatable bonds is 6. The van der Waals surface area contributed by atoms with E-state index in [1.54, 1.807) is 0 Å². The molecule has 2 heteroatoms. The summed E-state index contributed by atoms with van der Waals surface area (Å²) in [6, 6.07) is 15.8. The molecule has 0 spiro atoms. The fourth-order valence-electron chi connectivity index (χ4n) is 3.34. The summed E-state index contributed by atoms with van der Waals surface area (Å²) in [5.74, 6) is 0. The molecule has 2 aromatic carbocycles. The van der Waals surface area contributed by atoms with E-state index in [2.05, 4.69) is 86.1 Å². The Balaban J connectivity index is 1.77. The molecule has 24 heavy (non-hydrogen) atoms. The molecular weight excluding hydrogens is 292 g/mol. The zero-order chi connectivity index (χ0) is 17.1. The lowest BCUT2D eigenvalue weighted by Crippen LogP contribution is -2.20. The van der Waals surface area contributed by atoms with E-state index in [-0.39, 0.29) is 0 Å². The lowest BCUT2D eigenvalue weighted by molar-refractivity contribution is 0.870. The highest BCUT2D eigenvalue weighted by Gasteiger charge is 2.09. The summed E-state index contributed by atoms with van der Waals surface area (Å²) >= 11 is 0. The number of hydrogen-bond acceptors (Lipinski definition) is 1. The molecule has 0 aliphatic carbocycles. The summed E-state index contributed by atoms with van der Waals surface area (Å²) in [6.07, 6.45) is 5.54. The van der Waals surface area contributed by atoms with Crippen LogP contribution in [0.1, 0.15) is 30.5 Å². The summed E-state index contributed by atoms with van der Waals surface area (Å²) < 4.78 is 2.25. The Morgan fingerprint density at radius 1 is 0.917 bits per heavy atom. The molecule has 0 amide bonds. The van der Waals surface area contributed by atoms with Crippen LogP contribution in [0.5, 0.6) is 0 Å². The third kappa shape index (κ3) is 3.33. The van der Waals surface area contributed by atoms with Crippen molar-refractivity contribution in [2.45, 2.75) is 33.1 Å². The quantitative estimate of drug-likeness (QED) is 0.622. The topological polar surface area (TPSA) is 8.17 Å². The lowest BCUT2D eigenvalue weighted by Gasteiger charge is -2.19. The van der Waals surface area contributed by atoms with Gasteiger partial charge in [0.15, 0.2) is 0 Å². The van der Waals surface area contributed by atoms with Crippen LogP contribution in [-0.2, 0) is 26.3 Å². The minimum atomic E-state index is 1.03. The van der Waals surface area contributed by atoms with Crippen LogP contribution in [0.25, 0.3) is 10.9 Å². The lowest BCUT2D eigenvalue weighted by atomic mass is 10.1. The molecule has 0 radical (unpaired) electrons. The van der Waals surface area contributed by atoms with Gasteiger partial charge in [0.25, 0.3) is 0 Å². The molecule has 0 bridgehead atoms. The van der Waals surface area contributed by atoms with E-state index >= 15 is 0 Å². The van der Waals surface area contributed by atoms with Gasteiger partial charge in [-0.1, -0.05) is 32.0 Å². The van der Waals surface area contributed by atoms with E-state index in [0.717, 1.165) is 25.8 Å². The predicted octanol–water partition coefficient (Wildman–Crippen LogP) is 4.98. The molecular formula is C22H28N2. The van der Waals surface area contributed by atoms with Gasteiger partial charge in [-0.3, -0.25) is 0 Å². The minimum absolute atomic E-state index is 1.03. The smallest absolute Gasteiger partial charge is 0.0480 e. The second kappa shape index (κ2) is 7.12. The molecule has 3 aromatic rings. The maximum absolute atomic E-state index is 2.36. The van der Waals surface area contributed by atoms with Crippen molar-refractivity contribution >= 4 is 16.6 Å². The van der Waals surface area contributed by atoms with Gasteiger partial charge < -0.3 is 9.47 Å². The SMILES string of the molecule is CCc1ccc(N(C)CCc2cn(C)c3ccc(CC)cc23)cc1. The molecule has 1 heterocycles. The van der Waals surface area contributed by atoms with Crippen LogP contribution in [0.2, 0.25) is 0 Å². The minimum Gasteiger partial charge on any atom is -0.374 e. The van der Waals surface area contributed by atoms with Gasteiger partial charge in [0.05, 0.1) is 0 Å². The van der Waals surface area contributed by atoms with Crippen molar-refractivity contribution < 1.29 is 0 Å². The molecule has 0 atom stereocenters. The van der Waals surface area contributed by atoms with E-state index in [1.807, 2.05) is 0 Å². The highest BCUT2D eigenvalue weighted by molar-refractivity contribution is 5.84. The summed E-state index contributed by atoms with van der Waals surface area (Å²) in [6.45, 7) is 5.45. The normalized spacial score (nSPS) is 11.2. The fourth-order valence-corrected chi connectivity index (χ4v) is 3.34. The van der Waals surface area contributed by atoms with Gasteiger partial charge in [-0.15, -0.1) is 0 Å². The van der Waals surface area contributed by atoms with Crippen molar-refractivity contribution in [3.05, 3.63) is 65.4 Å². The number of hydrogen-bond donors (Lipinski definition) is 0. The Bertz CT molecular complexity index is 812. The van der Waals surface area contributed by atoms with Crippen molar-refractivity contribution in [1.29, 1.82) is 0 Å². The van der Waals surface area contributed by atoms with Gasteiger partial charge in [-0.25, -0.2) is 0 Å². The number of nitrogens with zero attached hydrogens (tertiary/aromatic N) is 2. The Labute approximate surface area is 145 Å². The largest absolute Gasteiger partial charge is 0.374 e. The van der Waals surface area contributed by atoms with Crippen LogP contribution in [-0.4, -0.2) is 18.2 Å². The first kappa shape index (κ1) is 16.6. The molecule has 0 aliphatic heterocycles. The summed E-state index contributed by atoms with van der Waals surface area (Å²) in [7, 11) is 4.33. The second-order valence-electron chi connectivity index (χ2n) is 6.66. The third-order valence-electron chi connectivity index (χ3n) is 5.05. The molecule has 0 saturated carbocycles. The van der Waals surface area contributed by atoms with Crippen molar-refractivity contribution in [3.63, 3.8) is 0 Å². The van der Waals surface area contributed by atoms with Crippen molar-refractivity contribution in [1.82, 2.24) is 4.57 Å². The summed E-state index contributed by atoms with van der Waals surface area (Å²) in [4.78, 5) is 2.35. The average Bonchev–Trinajstić information content (AvgIpc) is 2.95. The molecule has 0 unspecified atom stereocenters. The van der Waals surface area contributed by atoms with E-state index in [9.17, 15) is 0 Å². The van der Waals surface area contributed by atoms with E-state index in [0.29, 0.717) is 0 Å². The van der Waals surface area contributed by atoms with Crippen LogP contribution < -0.4 is 4.90 Å². The summed E-state index contributed by atoms with van der Waals surface area (Å²) in [5.41, 5.74) is 6.88. The number of aromatic nitrogens is 1. The molecule has 2 nitrogen and oxygen atoms in total. The molecule has 1 aromatic heterocycles. The molecule has 0 fully saturated rings. The standard InChI is InChI=1S/C22H28N2/c1-5-17-7-10-20(11-8-17)23(3)14-13-19-16-24(4)22-12-9-18(6-2)15-21(19)22/h7-12,15-16H,5-6,13-14H2,1-4H3. The Morgan fingerprint density at radius 3 is 2.25 bits per heavy atom. The highest BCUT2D eigenvalue weighted by atomic mass is 15.1. The Hall–Kier alpha value is -2.22. The number of aryl methyl sites for hydroxylation is 3. The molecule has 126 valence electrons. The third-order valence-corrected chi connectivity index (χ3v) is 5.05. The summed E-state index contributed by atoms with van der Waals surface area (Å²) in [5, 5.41) is 1.41. The number of benzene rings is 2. The van der Waals surface area contributed by atoms with E-state index < -0.39 is 0 Å². The van der Waals surface area contributed by atoms with Gasteiger partial charge in [0, 0.05) is 43.4 Å². The van der Waals surface area contributed by atoms with Crippen molar-refractivity contribution in [2.75, 3.05) is 18.5 Å². The van der Waals surface area contributed by atoms with E-state index in [1.165, 1.54) is 33.3 Å².